The number of hydrogen-bond acceptors (Lipinski definition) is 8. The van der Waals surface area contributed by atoms with E-state index in [1.54, 1.807) is 0 Å². The third-order valence-corrected chi connectivity index (χ3v) is 9.38. The number of carbonyl (C=O) groups is 1. The van der Waals surface area contributed by atoms with E-state index >= 15 is 0 Å². The third-order valence-electron chi connectivity index (χ3n) is 8.34. The second-order valence-electron chi connectivity index (χ2n) is 11.2. The van der Waals surface area contributed by atoms with Crippen molar-refractivity contribution in [2.75, 3.05) is 11.4 Å². The molecule has 2 aliphatic carbocycles. The summed E-state index contributed by atoms with van der Waals surface area (Å²) in [5, 5.41) is 13.9. The Labute approximate surface area is 249 Å². The normalized spacial score (nSPS) is 21.9. The number of piperidine rings is 1. The van der Waals surface area contributed by atoms with Gasteiger partial charge in [-0.15, -0.1) is 13.2 Å². The van der Waals surface area contributed by atoms with Crippen LogP contribution >= 0.6 is 11.3 Å². The number of alkyl halides is 6. The summed E-state index contributed by atoms with van der Waals surface area (Å²) < 4.78 is 96.7. The number of fused-ring (bicyclic) bond motifs is 3. The first kappa shape index (κ1) is 28.9. The Morgan fingerprint density at radius 2 is 1.89 bits per heavy atom. The molecule has 0 amide bonds. The molecule has 3 heterocycles. The zero-order valence-electron chi connectivity index (χ0n) is 22.6. The lowest BCUT2D eigenvalue weighted by atomic mass is 9.99. The molecule has 7 rings (SSSR count). The SMILES string of the molecule is O=C(O)c1cc(OC(F)(F)F)c2nc(N3C[C@@H]4C[C@H]3C[C@H]4OCc3c(-c4ccccc4C(F)(F)F)noc3C3CC3)sc2c1. The molecule has 2 aromatic heterocycles. The number of aromatic carboxylic acids is 1. The minimum Gasteiger partial charge on any atom is -0.478 e. The Morgan fingerprint density at radius 1 is 1.11 bits per heavy atom. The van der Waals surface area contributed by atoms with Crippen molar-refractivity contribution < 1.29 is 50.2 Å². The summed E-state index contributed by atoms with van der Waals surface area (Å²) in [6.45, 7) is 0.529. The van der Waals surface area contributed by atoms with E-state index in [1.807, 2.05) is 4.90 Å². The van der Waals surface area contributed by atoms with Gasteiger partial charge in [0, 0.05) is 35.5 Å². The van der Waals surface area contributed by atoms with Crippen LogP contribution in [0.2, 0.25) is 0 Å². The van der Waals surface area contributed by atoms with E-state index in [2.05, 4.69) is 14.9 Å². The maximum absolute atomic E-state index is 13.8. The highest BCUT2D eigenvalue weighted by molar-refractivity contribution is 7.22. The maximum Gasteiger partial charge on any atom is 0.573 e. The fraction of sp³-hybridized carbons (Fsp3) is 0.414. The van der Waals surface area contributed by atoms with E-state index in [1.165, 1.54) is 24.3 Å². The molecule has 3 atom stereocenters. The molecular formula is C29H23F6N3O5S. The number of benzene rings is 2. The predicted molar refractivity (Wildman–Crippen MR) is 145 cm³/mol. The minimum atomic E-state index is -5.02. The molecule has 0 radical (unpaired) electrons. The van der Waals surface area contributed by atoms with Crippen LogP contribution in [0, 0.1) is 5.92 Å². The van der Waals surface area contributed by atoms with Crippen LogP contribution in [0.4, 0.5) is 31.5 Å². The number of carboxylic acids is 1. The highest BCUT2D eigenvalue weighted by Gasteiger charge is 2.47. The first-order valence-electron chi connectivity index (χ1n) is 13.8. The first-order chi connectivity index (χ1) is 20.9. The third kappa shape index (κ3) is 5.36. The summed E-state index contributed by atoms with van der Waals surface area (Å²) >= 11 is 1.08. The maximum atomic E-state index is 13.8. The van der Waals surface area contributed by atoms with Crippen molar-refractivity contribution in [3.05, 3.63) is 58.8 Å². The van der Waals surface area contributed by atoms with Crippen molar-refractivity contribution in [1.29, 1.82) is 0 Å². The van der Waals surface area contributed by atoms with Crippen molar-refractivity contribution in [2.45, 2.75) is 62.9 Å². The van der Waals surface area contributed by atoms with Gasteiger partial charge in [0.1, 0.15) is 17.0 Å². The van der Waals surface area contributed by atoms with E-state index in [9.17, 15) is 36.2 Å². The second kappa shape index (κ2) is 10.4. The summed E-state index contributed by atoms with van der Waals surface area (Å²) in [6, 6.07) is 7.28. The van der Waals surface area contributed by atoms with Gasteiger partial charge < -0.3 is 24.0 Å². The molecule has 232 valence electrons. The highest BCUT2D eigenvalue weighted by Crippen LogP contribution is 2.48. The Bertz CT molecular complexity index is 1750. The van der Waals surface area contributed by atoms with E-state index in [0.717, 1.165) is 42.7 Å². The molecule has 3 fully saturated rings. The van der Waals surface area contributed by atoms with Crippen LogP contribution in [-0.2, 0) is 17.5 Å². The van der Waals surface area contributed by atoms with Gasteiger partial charge in [0.05, 0.1) is 28.5 Å². The average Bonchev–Trinajstić information content (AvgIpc) is 3.28. The summed E-state index contributed by atoms with van der Waals surface area (Å²) in [5.41, 5.74) is -0.653. The van der Waals surface area contributed by atoms with Crippen LogP contribution in [0.25, 0.3) is 21.5 Å². The zero-order valence-corrected chi connectivity index (χ0v) is 23.4. The van der Waals surface area contributed by atoms with Gasteiger partial charge in [0.15, 0.2) is 10.9 Å². The fourth-order valence-electron chi connectivity index (χ4n) is 6.25. The molecule has 8 nitrogen and oxygen atoms in total. The number of halogens is 6. The number of thiazole rings is 1. The Hall–Kier alpha value is -3.85. The van der Waals surface area contributed by atoms with Gasteiger partial charge in [-0.2, -0.15) is 13.2 Å². The molecule has 0 spiro atoms. The van der Waals surface area contributed by atoms with Gasteiger partial charge in [0.25, 0.3) is 0 Å². The van der Waals surface area contributed by atoms with E-state index in [0.29, 0.717) is 29.4 Å². The van der Waals surface area contributed by atoms with Gasteiger partial charge in [0.2, 0.25) is 0 Å². The van der Waals surface area contributed by atoms with Crippen LogP contribution in [-0.4, -0.2) is 46.3 Å². The first-order valence-corrected chi connectivity index (χ1v) is 14.6. The van der Waals surface area contributed by atoms with Crippen molar-refractivity contribution in [3.8, 4) is 17.0 Å². The Kier molecular flexibility index (Phi) is 6.81. The molecule has 3 aliphatic rings. The van der Waals surface area contributed by atoms with Crippen LogP contribution in [0.1, 0.15) is 58.8 Å². The molecule has 2 saturated carbocycles. The molecule has 4 aromatic rings. The van der Waals surface area contributed by atoms with Crippen molar-refractivity contribution in [1.82, 2.24) is 10.1 Å². The largest absolute Gasteiger partial charge is 0.573 e. The molecule has 2 aromatic carbocycles. The number of rotatable bonds is 8. The summed E-state index contributed by atoms with van der Waals surface area (Å²) in [5.74, 6) is -1.38. The minimum absolute atomic E-state index is 0.0298. The molecule has 1 aliphatic heterocycles. The molecule has 15 heteroatoms. The highest BCUT2D eigenvalue weighted by atomic mass is 32.1. The number of carboxylic acid groups (broad SMARTS) is 1. The van der Waals surface area contributed by atoms with Gasteiger partial charge in [-0.3, -0.25) is 0 Å². The molecular weight excluding hydrogens is 616 g/mol. The number of aromatic nitrogens is 2. The van der Waals surface area contributed by atoms with E-state index in [4.69, 9.17) is 9.26 Å². The van der Waals surface area contributed by atoms with Crippen LogP contribution in [0.15, 0.2) is 40.9 Å². The van der Waals surface area contributed by atoms with Gasteiger partial charge in [-0.1, -0.05) is 34.7 Å². The number of anilines is 1. The Morgan fingerprint density at radius 3 is 2.55 bits per heavy atom. The molecule has 0 unspecified atom stereocenters. The van der Waals surface area contributed by atoms with E-state index in [-0.39, 0.29) is 57.6 Å². The van der Waals surface area contributed by atoms with Crippen molar-refractivity contribution >= 4 is 32.7 Å². The number of nitrogens with zero attached hydrogens (tertiary/aromatic N) is 3. The second-order valence-corrected chi connectivity index (χ2v) is 12.3. The van der Waals surface area contributed by atoms with Gasteiger partial charge in [-0.05, 0) is 43.9 Å². The molecule has 2 bridgehead atoms. The van der Waals surface area contributed by atoms with Crippen molar-refractivity contribution in [2.24, 2.45) is 5.92 Å². The van der Waals surface area contributed by atoms with Crippen molar-refractivity contribution in [3.63, 3.8) is 0 Å². The molecule has 1 N–H and O–H groups in total. The summed E-state index contributed by atoms with van der Waals surface area (Å²) in [7, 11) is 0. The monoisotopic (exact) mass is 639 g/mol. The number of hydrogen-bond donors (Lipinski definition) is 1. The van der Waals surface area contributed by atoms with Crippen LogP contribution in [0.3, 0.4) is 0 Å². The summed E-state index contributed by atoms with van der Waals surface area (Å²) in [4.78, 5) is 17.9. The molecule has 1 saturated heterocycles. The summed E-state index contributed by atoms with van der Waals surface area (Å²) in [6.07, 6.45) is -6.78. The standard InChI is InChI=1S/C29H23F6N3O5S/c30-28(31,32)19-4-2-1-3-17(19)23-18(25(43-37-23)13-5-6-13)12-41-20-10-16-7-15(20)11-38(16)27-36-24-21(42-29(33,34)35)8-14(26(39)40)9-22(24)44-27/h1-4,8-9,13,15-16,20H,5-7,10-12H2,(H,39,40)/t15-,16-,20+/m0/s1. The number of ether oxygens (including phenoxy) is 2. The lowest BCUT2D eigenvalue weighted by molar-refractivity contribution is -0.274. The average molecular weight is 640 g/mol. The predicted octanol–water partition coefficient (Wildman–Crippen LogP) is 7.63. The Balaban J connectivity index is 1.10. The molecule has 44 heavy (non-hydrogen) atoms. The lowest BCUT2D eigenvalue weighted by Gasteiger charge is -2.31. The van der Waals surface area contributed by atoms with Gasteiger partial charge >= 0.3 is 18.5 Å². The fourth-order valence-corrected chi connectivity index (χ4v) is 7.35. The van der Waals surface area contributed by atoms with Crippen LogP contribution < -0.4 is 9.64 Å². The lowest BCUT2D eigenvalue weighted by Crippen LogP contribution is -2.38. The quantitative estimate of drug-likeness (QED) is 0.197. The zero-order chi connectivity index (χ0) is 31.0. The van der Waals surface area contributed by atoms with Gasteiger partial charge in [-0.25, -0.2) is 9.78 Å². The van der Waals surface area contributed by atoms with Crippen LogP contribution in [0.5, 0.6) is 5.75 Å². The topological polar surface area (TPSA) is 97.9 Å². The smallest absolute Gasteiger partial charge is 0.478 e. The van der Waals surface area contributed by atoms with E-state index < -0.39 is 29.8 Å².